The van der Waals surface area contributed by atoms with Gasteiger partial charge in [-0.25, -0.2) is 4.79 Å². The third-order valence-electron chi connectivity index (χ3n) is 2.32. The van der Waals surface area contributed by atoms with Crippen LogP contribution in [0, 0.1) is 0 Å². The summed E-state index contributed by atoms with van der Waals surface area (Å²) in [7, 11) is 0. The van der Waals surface area contributed by atoms with Crippen molar-refractivity contribution in [1.29, 1.82) is 0 Å². The quantitative estimate of drug-likeness (QED) is 0.611. The standard InChI is InChI=1S/C11H22N4O2/c1-11(2,3)14-10(17)13-9(16)8-15-6-4-12-5-7-15/h12H,4-8H2,1-3H3,(H2,13,14,16,17). The fraction of sp³-hybridized carbons (Fsp3) is 0.818. The highest BCUT2D eigenvalue weighted by Gasteiger charge is 2.18. The van der Waals surface area contributed by atoms with Crippen molar-refractivity contribution in [3.8, 4) is 0 Å². The van der Waals surface area contributed by atoms with Crippen LogP contribution < -0.4 is 16.0 Å². The molecule has 0 aromatic carbocycles. The van der Waals surface area contributed by atoms with E-state index in [9.17, 15) is 9.59 Å². The van der Waals surface area contributed by atoms with E-state index in [1.54, 1.807) is 0 Å². The van der Waals surface area contributed by atoms with Gasteiger partial charge in [-0.1, -0.05) is 0 Å². The van der Waals surface area contributed by atoms with Gasteiger partial charge in [-0.3, -0.25) is 15.0 Å². The maximum absolute atomic E-state index is 11.6. The summed E-state index contributed by atoms with van der Waals surface area (Å²) in [6, 6.07) is -0.433. The molecule has 3 N–H and O–H groups in total. The fourth-order valence-corrected chi connectivity index (χ4v) is 1.61. The number of hydrogen-bond acceptors (Lipinski definition) is 4. The van der Waals surface area contributed by atoms with Gasteiger partial charge in [-0.05, 0) is 20.8 Å². The minimum atomic E-state index is -0.433. The number of rotatable bonds is 2. The van der Waals surface area contributed by atoms with Gasteiger partial charge in [0.15, 0.2) is 0 Å². The highest BCUT2D eigenvalue weighted by molar-refractivity contribution is 5.95. The molecule has 0 aromatic heterocycles. The van der Waals surface area contributed by atoms with Crippen molar-refractivity contribution in [2.75, 3.05) is 32.7 Å². The molecule has 1 rings (SSSR count). The zero-order chi connectivity index (χ0) is 12.9. The summed E-state index contributed by atoms with van der Waals surface area (Å²) < 4.78 is 0. The highest BCUT2D eigenvalue weighted by atomic mass is 16.2. The molecule has 1 aliphatic heterocycles. The number of nitrogens with one attached hydrogen (secondary N) is 3. The van der Waals surface area contributed by atoms with Crippen LogP contribution in [0.1, 0.15) is 20.8 Å². The molecule has 0 spiro atoms. The van der Waals surface area contributed by atoms with Crippen LogP contribution in [-0.2, 0) is 4.79 Å². The lowest BCUT2D eigenvalue weighted by molar-refractivity contribution is -0.121. The smallest absolute Gasteiger partial charge is 0.321 e. The van der Waals surface area contributed by atoms with Crippen LogP contribution in [-0.4, -0.2) is 55.1 Å². The van der Waals surface area contributed by atoms with Gasteiger partial charge >= 0.3 is 6.03 Å². The Labute approximate surface area is 102 Å². The summed E-state index contributed by atoms with van der Waals surface area (Å²) >= 11 is 0. The van der Waals surface area contributed by atoms with E-state index in [0.717, 1.165) is 26.2 Å². The topological polar surface area (TPSA) is 73.5 Å². The first-order chi connectivity index (χ1) is 7.87. The molecule has 0 radical (unpaired) electrons. The van der Waals surface area contributed by atoms with Crippen LogP contribution >= 0.6 is 0 Å². The third-order valence-corrected chi connectivity index (χ3v) is 2.32. The summed E-state index contributed by atoms with van der Waals surface area (Å²) in [5.41, 5.74) is -0.334. The number of amides is 3. The van der Waals surface area contributed by atoms with E-state index in [0.29, 0.717) is 0 Å². The molecule has 0 saturated carbocycles. The lowest BCUT2D eigenvalue weighted by atomic mass is 10.1. The zero-order valence-corrected chi connectivity index (χ0v) is 10.8. The number of urea groups is 1. The Hall–Kier alpha value is -1.14. The molecule has 17 heavy (non-hydrogen) atoms. The van der Waals surface area contributed by atoms with Crippen molar-refractivity contribution in [2.45, 2.75) is 26.3 Å². The second-order valence-electron chi connectivity index (χ2n) is 5.28. The molecule has 0 aliphatic carbocycles. The summed E-state index contributed by atoms with van der Waals surface area (Å²) in [6.45, 7) is 9.35. The van der Waals surface area contributed by atoms with Gasteiger partial charge in [0.2, 0.25) is 5.91 Å². The number of hydrogen-bond donors (Lipinski definition) is 3. The van der Waals surface area contributed by atoms with Crippen LogP contribution in [0.15, 0.2) is 0 Å². The SMILES string of the molecule is CC(C)(C)NC(=O)NC(=O)CN1CCNCC1. The van der Waals surface area contributed by atoms with Crippen LogP contribution in [0.2, 0.25) is 0 Å². The van der Waals surface area contributed by atoms with Gasteiger partial charge in [-0.2, -0.15) is 0 Å². The number of carbonyl (C=O) groups is 2. The number of piperazine rings is 1. The first kappa shape index (κ1) is 13.9. The predicted octanol–water partition coefficient (Wildman–Crippen LogP) is -0.484. The summed E-state index contributed by atoms with van der Waals surface area (Å²) in [4.78, 5) is 25.0. The van der Waals surface area contributed by atoms with Gasteiger partial charge in [0.1, 0.15) is 0 Å². The second-order valence-corrected chi connectivity index (χ2v) is 5.28. The minimum Gasteiger partial charge on any atom is -0.333 e. The van der Waals surface area contributed by atoms with Crippen LogP contribution in [0.4, 0.5) is 4.79 Å². The largest absolute Gasteiger partial charge is 0.333 e. The van der Waals surface area contributed by atoms with Gasteiger partial charge in [0, 0.05) is 31.7 Å². The first-order valence-corrected chi connectivity index (χ1v) is 5.92. The Morgan fingerprint density at radius 1 is 1.24 bits per heavy atom. The van der Waals surface area contributed by atoms with E-state index >= 15 is 0 Å². The average Bonchev–Trinajstić information content (AvgIpc) is 2.15. The molecule has 98 valence electrons. The van der Waals surface area contributed by atoms with Crippen molar-refractivity contribution in [2.24, 2.45) is 0 Å². The Morgan fingerprint density at radius 2 is 1.82 bits per heavy atom. The third kappa shape index (κ3) is 6.23. The molecule has 6 heteroatoms. The van der Waals surface area contributed by atoms with Crippen LogP contribution in [0.3, 0.4) is 0 Å². The van der Waals surface area contributed by atoms with Gasteiger partial charge < -0.3 is 10.6 Å². The minimum absolute atomic E-state index is 0.256. The number of imide groups is 1. The molecule has 1 heterocycles. The molecular weight excluding hydrogens is 220 g/mol. The summed E-state index contributed by atoms with van der Waals surface area (Å²) in [6.07, 6.45) is 0. The van der Waals surface area contributed by atoms with Gasteiger partial charge in [0.05, 0.1) is 6.54 Å². The number of nitrogens with zero attached hydrogens (tertiary/aromatic N) is 1. The monoisotopic (exact) mass is 242 g/mol. The van der Waals surface area contributed by atoms with E-state index in [1.165, 1.54) is 0 Å². The molecule has 1 saturated heterocycles. The molecular formula is C11H22N4O2. The fourth-order valence-electron chi connectivity index (χ4n) is 1.61. The van der Waals surface area contributed by atoms with Crippen molar-refractivity contribution in [3.05, 3.63) is 0 Å². The molecule has 0 bridgehead atoms. The highest BCUT2D eigenvalue weighted by Crippen LogP contribution is 1.97. The maximum atomic E-state index is 11.6. The lowest BCUT2D eigenvalue weighted by Gasteiger charge is -2.26. The Kier molecular flexibility index (Phi) is 4.89. The second kappa shape index (κ2) is 5.97. The average molecular weight is 242 g/mol. The Balaban J connectivity index is 2.26. The molecule has 0 aromatic rings. The van der Waals surface area contributed by atoms with Crippen LogP contribution in [0.5, 0.6) is 0 Å². The molecule has 1 fully saturated rings. The van der Waals surface area contributed by atoms with Crippen molar-refractivity contribution < 1.29 is 9.59 Å². The molecule has 1 aliphatic rings. The van der Waals surface area contributed by atoms with Crippen LogP contribution in [0.25, 0.3) is 0 Å². The molecule has 0 atom stereocenters. The normalized spacial score (nSPS) is 17.6. The van der Waals surface area contributed by atoms with Gasteiger partial charge in [0.25, 0.3) is 0 Å². The summed E-state index contributed by atoms with van der Waals surface area (Å²) in [5.74, 6) is -0.256. The molecule has 3 amide bonds. The lowest BCUT2D eigenvalue weighted by Crippen LogP contribution is -2.52. The molecule has 6 nitrogen and oxygen atoms in total. The van der Waals surface area contributed by atoms with E-state index in [1.807, 2.05) is 25.7 Å². The zero-order valence-electron chi connectivity index (χ0n) is 10.8. The molecule has 0 unspecified atom stereocenters. The van der Waals surface area contributed by atoms with E-state index in [-0.39, 0.29) is 18.0 Å². The Morgan fingerprint density at radius 3 is 2.35 bits per heavy atom. The van der Waals surface area contributed by atoms with E-state index in [4.69, 9.17) is 0 Å². The van der Waals surface area contributed by atoms with Crippen molar-refractivity contribution in [1.82, 2.24) is 20.9 Å². The summed E-state index contributed by atoms with van der Waals surface area (Å²) in [5, 5.41) is 8.23. The number of carbonyl (C=O) groups excluding carboxylic acids is 2. The maximum Gasteiger partial charge on any atom is 0.321 e. The predicted molar refractivity (Wildman–Crippen MR) is 65.7 cm³/mol. The Bertz CT molecular complexity index is 280. The van der Waals surface area contributed by atoms with E-state index < -0.39 is 6.03 Å². The first-order valence-electron chi connectivity index (χ1n) is 5.92. The van der Waals surface area contributed by atoms with Gasteiger partial charge in [-0.15, -0.1) is 0 Å². The van der Waals surface area contributed by atoms with E-state index in [2.05, 4.69) is 16.0 Å². The van der Waals surface area contributed by atoms with Crippen molar-refractivity contribution in [3.63, 3.8) is 0 Å². The van der Waals surface area contributed by atoms with Crippen molar-refractivity contribution >= 4 is 11.9 Å².